The fraction of sp³-hybridized carbons (Fsp3) is 1.00. The summed E-state index contributed by atoms with van der Waals surface area (Å²) < 4.78 is 5.45. The number of rotatable bonds is 6. The van der Waals surface area contributed by atoms with Crippen LogP contribution in [-0.4, -0.2) is 49.0 Å². The van der Waals surface area contributed by atoms with E-state index in [2.05, 4.69) is 11.8 Å². The van der Waals surface area contributed by atoms with Gasteiger partial charge in [-0.2, -0.15) is 0 Å². The first-order valence-electron chi connectivity index (χ1n) is 5.31. The lowest BCUT2D eigenvalue weighted by atomic mass is 10.3. The predicted octanol–water partition coefficient (Wildman–Crippen LogP) is 0.870. The second-order valence-electron chi connectivity index (χ2n) is 3.71. The fourth-order valence-corrected chi connectivity index (χ4v) is 1.56. The molecular weight excluding hydrogens is 166 g/mol. The smallest absolute Gasteiger partial charge is 0.0679 e. The number of aliphatic hydroxyl groups is 1. The monoisotopic (exact) mass is 187 g/mol. The van der Waals surface area contributed by atoms with Crippen molar-refractivity contribution in [3.63, 3.8) is 0 Å². The molecule has 0 amide bonds. The highest BCUT2D eigenvalue weighted by Crippen LogP contribution is 2.07. The summed E-state index contributed by atoms with van der Waals surface area (Å²) in [5, 5.41) is 9.26. The van der Waals surface area contributed by atoms with Crippen LogP contribution in [0.15, 0.2) is 0 Å². The molecule has 1 aliphatic heterocycles. The van der Waals surface area contributed by atoms with Crippen molar-refractivity contribution in [3.8, 4) is 0 Å². The number of likely N-dealkylation sites (tertiary alicyclic amines) is 1. The lowest BCUT2D eigenvalue weighted by Gasteiger charge is -2.14. The van der Waals surface area contributed by atoms with Gasteiger partial charge in [0.05, 0.1) is 12.7 Å². The van der Waals surface area contributed by atoms with E-state index >= 15 is 0 Å². The number of aliphatic hydroxyl groups excluding tert-OH is 1. The van der Waals surface area contributed by atoms with Gasteiger partial charge in [-0.25, -0.2) is 0 Å². The number of nitrogens with zero attached hydrogens (tertiary/aromatic N) is 1. The van der Waals surface area contributed by atoms with Crippen molar-refractivity contribution in [2.24, 2.45) is 0 Å². The van der Waals surface area contributed by atoms with Gasteiger partial charge in [0.2, 0.25) is 0 Å². The topological polar surface area (TPSA) is 32.7 Å². The van der Waals surface area contributed by atoms with Gasteiger partial charge in [-0.05, 0) is 12.8 Å². The zero-order valence-electron chi connectivity index (χ0n) is 8.54. The summed E-state index contributed by atoms with van der Waals surface area (Å²) in [6.07, 6.45) is 3.18. The van der Waals surface area contributed by atoms with Gasteiger partial charge in [-0.1, -0.05) is 13.3 Å². The summed E-state index contributed by atoms with van der Waals surface area (Å²) in [4.78, 5) is 2.26. The van der Waals surface area contributed by atoms with Crippen LogP contribution in [0.5, 0.6) is 0 Å². The molecule has 3 nitrogen and oxygen atoms in total. The molecule has 1 aliphatic rings. The number of unbranched alkanes of at least 4 members (excludes halogenated alkanes) is 1. The number of ether oxygens (including phenoxy) is 1. The molecule has 0 radical (unpaired) electrons. The second kappa shape index (κ2) is 6.35. The van der Waals surface area contributed by atoms with Gasteiger partial charge in [-0.15, -0.1) is 0 Å². The first kappa shape index (κ1) is 11.0. The van der Waals surface area contributed by atoms with Crippen LogP contribution in [0.25, 0.3) is 0 Å². The Balaban J connectivity index is 1.88. The maximum atomic E-state index is 9.26. The van der Waals surface area contributed by atoms with E-state index in [-0.39, 0.29) is 6.10 Å². The standard InChI is InChI=1S/C10H21NO2/c1-2-3-7-13-8-6-11-5-4-10(12)9-11/h10,12H,2-9H2,1H3/t10-/m1/s1. The zero-order chi connectivity index (χ0) is 9.52. The van der Waals surface area contributed by atoms with Gasteiger partial charge in [0.15, 0.2) is 0 Å². The molecule has 0 unspecified atom stereocenters. The van der Waals surface area contributed by atoms with Crippen LogP contribution >= 0.6 is 0 Å². The van der Waals surface area contributed by atoms with E-state index in [9.17, 15) is 5.11 Å². The summed E-state index contributed by atoms with van der Waals surface area (Å²) in [6.45, 7) is 6.69. The van der Waals surface area contributed by atoms with Crippen molar-refractivity contribution in [1.29, 1.82) is 0 Å². The largest absolute Gasteiger partial charge is 0.392 e. The van der Waals surface area contributed by atoms with Crippen molar-refractivity contribution in [1.82, 2.24) is 4.90 Å². The minimum absolute atomic E-state index is 0.101. The average Bonchev–Trinajstić information content (AvgIpc) is 2.51. The van der Waals surface area contributed by atoms with Gasteiger partial charge in [0, 0.05) is 26.2 Å². The Kier molecular flexibility index (Phi) is 5.35. The predicted molar refractivity (Wildman–Crippen MR) is 52.8 cm³/mol. The van der Waals surface area contributed by atoms with E-state index in [1.807, 2.05) is 0 Å². The molecule has 1 N–H and O–H groups in total. The Morgan fingerprint density at radius 3 is 2.92 bits per heavy atom. The molecule has 3 heteroatoms. The van der Waals surface area contributed by atoms with Crippen LogP contribution in [0.4, 0.5) is 0 Å². The van der Waals surface area contributed by atoms with E-state index in [0.29, 0.717) is 0 Å². The Labute approximate surface area is 80.7 Å². The Morgan fingerprint density at radius 1 is 1.46 bits per heavy atom. The molecule has 0 aromatic rings. The molecule has 1 fully saturated rings. The molecule has 13 heavy (non-hydrogen) atoms. The van der Waals surface area contributed by atoms with Gasteiger partial charge in [0.1, 0.15) is 0 Å². The maximum Gasteiger partial charge on any atom is 0.0679 e. The number of hydrogen-bond donors (Lipinski definition) is 1. The molecule has 0 saturated carbocycles. The van der Waals surface area contributed by atoms with Crippen molar-refractivity contribution in [3.05, 3.63) is 0 Å². The van der Waals surface area contributed by atoms with Crippen molar-refractivity contribution >= 4 is 0 Å². The molecule has 78 valence electrons. The zero-order valence-corrected chi connectivity index (χ0v) is 8.54. The summed E-state index contributed by atoms with van der Waals surface area (Å²) in [5.74, 6) is 0. The average molecular weight is 187 g/mol. The Hall–Kier alpha value is -0.120. The van der Waals surface area contributed by atoms with Crippen molar-refractivity contribution in [2.45, 2.75) is 32.3 Å². The molecule has 1 heterocycles. The SMILES string of the molecule is CCCCOCCN1CC[C@@H](O)C1. The summed E-state index contributed by atoms with van der Waals surface area (Å²) >= 11 is 0. The van der Waals surface area contributed by atoms with Gasteiger partial charge in [0.25, 0.3) is 0 Å². The molecule has 0 spiro atoms. The highest BCUT2D eigenvalue weighted by Gasteiger charge is 2.18. The van der Waals surface area contributed by atoms with Crippen LogP contribution in [0.2, 0.25) is 0 Å². The number of β-amino-alcohol motifs (C(OH)–C–C–N with tert-alkyl or cyclic N) is 1. The highest BCUT2D eigenvalue weighted by molar-refractivity contribution is 4.73. The molecule has 0 aliphatic carbocycles. The van der Waals surface area contributed by atoms with Gasteiger partial charge in [-0.3, -0.25) is 4.90 Å². The van der Waals surface area contributed by atoms with Crippen LogP contribution in [0, 0.1) is 0 Å². The highest BCUT2D eigenvalue weighted by atomic mass is 16.5. The molecular formula is C10H21NO2. The third-order valence-corrected chi connectivity index (χ3v) is 2.44. The fourth-order valence-electron chi connectivity index (χ4n) is 1.56. The van der Waals surface area contributed by atoms with Crippen LogP contribution in [0.3, 0.4) is 0 Å². The second-order valence-corrected chi connectivity index (χ2v) is 3.71. The van der Waals surface area contributed by atoms with Gasteiger partial charge < -0.3 is 9.84 Å². The summed E-state index contributed by atoms with van der Waals surface area (Å²) in [7, 11) is 0. The molecule has 1 saturated heterocycles. The minimum atomic E-state index is -0.101. The molecule has 0 aromatic carbocycles. The van der Waals surface area contributed by atoms with Crippen molar-refractivity contribution < 1.29 is 9.84 Å². The van der Waals surface area contributed by atoms with Crippen LogP contribution in [-0.2, 0) is 4.74 Å². The first-order chi connectivity index (χ1) is 6.33. The Morgan fingerprint density at radius 2 is 2.31 bits per heavy atom. The van der Waals surface area contributed by atoms with E-state index in [0.717, 1.165) is 45.7 Å². The van der Waals surface area contributed by atoms with Crippen LogP contribution in [0.1, 0.15) is 26.2 Å². The summed E-state index contributed by atoms with van der Waals surface area (Å²) in [6, 6.07) is 0. The lowest BCUT2D eigenvalue weighted by molar-refractivity contribution is 0.102. The molecule has 1 atom stereocenters. The molecule has 1 rings (SSSR count). The maximum absolute atomic E-state index is 9.26. The Bertz CT molecular complexity index is 130. The quantitative estimate of drug-likeness (QED) is 0.626. The number of hydrogen-bond acceptors (Lipinski definition) is 3. The molecule has 0 bridgehead atoms. The van der Waals surface area contributed by atoms with Crippen molar-refractivity contribution in [2.75, 3.05) is 32.8 Å². The van der Waals surface area contributed by atoms with E-state index in [1.54, 1.807) is 0 Å². The third kappa shape index (κ3) is 4.60. The third-order valence-electron chi connectivity index (χ3n) is 2.44. The van der Waals surface area contributed by atoms with Crippen LogP contribution < -0.4 is 0 Å². The van der Waals surface area contributed by atoms with Gasteiger partial charge >= 0.3 is 0 Å². The van der Waals surface area contributed by atoms with E-state index in [4.69, 9.17) is 4.74 Å². The minimum Gasteiger partial charge on any atom is -0.392 e. The first-order valence-corrected chi connectivity index (χ1v) is 5.31. The lowest BCUT2D eigenvalue weighted by Crippen LogP contribution is -2.26. The molecule has 0 aromatic heterocycles. The van der Waals surface area contributed by atoms with E-state index in [1.165, 1.54) is 6.42 Å². The summed E-state index contributed by atoms with van der Waals surface area (Å²) in [5.41, 5.74) is 0. The normalized spacial score (nSPS) is 24.0. The van der Waals surface area contributed by atoms with E-state index < -0.39 is 0 Å².